The van der Waals surface area contributed by atoms with E-state index < -0.39 is 5.54 Å². The van der Waals surface area contributed by atoms with Gasteiger partial charge in [0.15, 0.2) is 0 Å². The maximum Gasteiger partial charge on any atom is 0.104 e. The number of piperazine rings is 1. The lowest BCUT2D eigenvalue weighted by atomic mass is 9.68. The zero-order valence-electron chi connectivity index (χ0n) is 31.9. The molecule has 0 N–H and O–H groups in total. The SMILES string of the molecule is CC.CCCc1cc(Cl)ccc1C1CCc2ccc3cc2N(C1)CC1CCC1C(N1CCN2CCCCC2C1)/C=C/CC(C)CC(C)(N=O)C3. The zero-order chi connectivity index (χ0) is 35.3. The largest absolute Gasteiger partial charge is 0.370 e. The van der Waals surface area contributed by atoms with Gasteiger partial charge in [-0.25, -0.2) is 0 Å². The molecule has 0 radical (unpaired) electrons. The lowest BCUT2D eigenvalue weighted by Gasteiger charge is -2.51. The highest BCUT2D eigenvalue weighted by atomic mass is 35.5. The van der Waals surface area contributed by atoms with Crippen LogP contribution in [0.1, 0.15) is 121 Å². The number of halogens is 1. The van der Waals surface area contributed by atoms with Crippen molar-refractivity contribution >= 4 is 17.3 Å². The standard InChI is InChI=1S/C42H59ClN4O.C2H6/c1-4-8-33-24-36(43)17-19-38(33)34-15-14-32-13-12-31-23-41(32)47(27-34)28-35-16-18-39(35)40(11-7-9-30(2)25-42(3,26-31)44-48)46-22-21-45-20-6-5-10-37(45)29-46;1-2/h7,11-13,17,19,23-24,30,34-35,37,39-40H,4-6,8-10,14-16,18,20-22,25-29H2,1-3H3;1-2H3/b11-7+;. The number of benzene rings is 2. The van der Waals surface area contributed by atoms with Gasteiger partial charge in [0.1, 0.15) is 5.54 Å². The second-order valence-corrected chi connectivity index (χ2v) is 17.0. The van der Waals surface area contributed by atoms with Gasteiger partial charge in [-0.3, -0.25) is 9.80 Å². The van der Waals surface area contributed by atoms with Gasteiger partial charge in [0.05, 0.1) is 0 Å². The number of aryl methyl sites for hydroxylation is 2. The van der Waals surface area contributed by atoms with Gasteiger partial charge in [-0.15, -0.1) is 0 Å². The third-order valence-corrected chi connectivity index (χ3v) is 13.1. The molecule has 0 amide bonds. The van der Waals surface area contributed by atoms with Gasteiger partial charge in [-0.2, -0.15) is 4.91 Å². The van der Waals surface area contributed by atoms with Crippen molar-refractivity contribution < 1.29 is 0 Å². The second-order valence-electron chi connectivity index (χ2n) is 16.6. The summed E-state index contributed by atoms with van der Waals surface area (Å²) in [6.07, 6.45) is 18.8. The molecule has 6 heteroatoms. The third kappa shape index (κ3) is 8.53. The van der Waals surface area contributed by atoms with E-state index in [4.69, 9.17) is 11.6 Å². The fraction of sp³-hybridized carbons (Fsp3) is 0.682. The lowest BCUT2D eigenvalue weighted by molar-refractivity contribution is -0.00147. The van der Waals surface area contributed by atoms with Crippen LogP contribution in [0.25, 0.3) is 0 Å². The molecule has 1 aliphatic carbocycles. The van der Waals surface area contributed by atoms with Crippen molar-refractivity contribution in [1.82, 2.24) is 9.80 Å². The van der Waals surface area contributed by atoms with E-state index in [0.717, 1.165) is 62.7 Å². The Morgan fingerprint density at radius 2 is 1.78 bits per heavy atom. The van der Waals surface area contributed by atoms with Crippen LogP contribution < -0.4 is 4.90 Å². The summed E-state index contributed by atoms with van der Waals surface area (Å²) in [5.74, 6) is 2.26. The Hall–Kier alpha value is -2.21. The van der Waals surface area contributed by atoms with Crippen LogP contribution in [0.2, 0.25) is 5.02 Å². The predicted molar refractivity (Wildman–Crippen MR) is 213 cm³/mol. The van der Waals surface area contributed by atoms with Crippen LogP contribution in [-0.4, -0.2) is 66.7 Å². The number of hydrogen-bond acceptors (Lipinski definition) is 5. The van der Waals surface area contributed by atoms with Gasteiger partial charge in [0.2, 0.25) is 0 Å². The average molecular weight is 701 g/mol. The number of fused-ring (bicyclic) bond motifs is 3. The van der Waals surface area contributed by atoms with Crippen LogP contribution in [0, 0.1) is 22.7 Å². The monoisotopic (exact) mass is 700 g/mol. The highest BCUT2D eigenvalue weighted by molar-refractivity contribution is 6.30. The molecule has 2 bridgehead atoms. The number of allylic oxidation sites excluding steroid dienone is 1. The molecule has 4 aliphatic heterocycles. The van der Waals surface area contributed by atoms with Gasteiger partial charge >= 0.3 is 0 Å². The van der Waals surface area contributed by atoms with Crippen LogP contribution in [-0.2, 0) is 19.3 Å². The van der Waals surface area contributed by atoms with Crippen LogP contribution >= 0.6 is 11.6 Å². The normalized spacial score (nSPS) is 32.8. The smallest absolute Gasteiger partial charge is 0.104 e. The molecule has 5 aliphatic rings. The molecule has 0 spiro atoms. The van der Waals surface area contributed by atoms with E-state index in [0.29, 0.717) is 36.1 Å². The van der Waals surface area contributed by atoms with Crippen molar-refractivity contribution in [3.8, 4) is 0 Å². The summed E-state index contributed by atoms with van der Waals surface area (Å²) in [6, 6.07) is 15.0. The molecule has 2 aromatic rings. The minimum Gasteiger partial charge on any atom is -0.370 e. The van der Waals surface area contributed by atoms with Crippen molar-refractivity contribution in [2.24, 2.45) is 22.9 Å². The summed E-state index contributed by atoms with van der Waals surface area (Å²) < 4.78 is 0. The van der Waals surface area contributed by atoms with Gasteiger partial charge in [-0.05, 0) is 129 Å². The molecule has 5 nitrogen and oxygen atoms in total. The molecule has 1 saturated carbocycles. The van der Waals surface area contributed by atoms with Crippen LogP contribution in [0.4, 0.5) is 5.69 Å². The molecular weight excluding hydrogens is 636 g/mol. The summed E-state index contributed by atoms with van der Waals surface area (Å²) >= 11 is 6.55. The summed E-state index contributed by atoms with van der Waals surface area (Å²) in [7, 11) is 0. The summed E-state index contributed by atoms with van der Waals surface area (Å²) in [4.78, 5) is 20.9. The number of hydrogen-bond donors (Lipinski definition) is 0. The summed E-state index contributed by atoms with van der Waals surface area (Å²) in [5.41, 5.74) is 6.44. The van der Waals surface area contributed by atoms with Crippen molar-refractivity contribution in [2.45, 2.75) is 135 Å². The minimum absolute atomic E-state index is 0.414. The summed E-state index contributed by atoms with van der Waals surface area (Å²) in [6.45, 7) is 17.7. The molecule has 7 atom stereocenters. The van der Waals surface area contributed by atoms with Crippen molar-refractivity contribution in [3.05, 3.63) is 80.7 Å². The molecular formula is C44H65ClN4O. The Morgan fingerprint density at radius 3 is 2.56 bits per heavy atom. The molecule has 0 aromatic heterocycles. The number of piperidine rings is 1. The van der Waals surface area contributed by atoms with Gasteiger partial charge in [0, 0.05) is 67.9 Å². The molecule has 3 fully saturated rings. The van der Waals surface area contributed by atoms with Crippen LogP contribution in [0.15, 0.2) is 53.7 Å². The number of nitroso groups, excluding NO2 is 1. The first kappa shape index (κ1) is 37.5. The molecule has 4 heterocycles. The Labute approximate surface area is 309 Å². The minimum atomic E-state index is -0.603. The summed E-state index contributed by atoms with van der Waals surface area (Å²) in [5, 5.41) is 4.65. The quantitative estimate of drug-likeness (QED) is 0.230. The maximum absolute atomic E-state index is 12.4. The van der Waals surface area contributed by atoms with Crippen molar-refractivity contribution in [3.63, 3.8) is 0 Å². The fourth-order valence-electron chi connectivity index (χ4n) is 10.3. The Morgan fingerprint density at radius 1 is 0.940 bits per heavy atom. The van der Waals surface area contributed by atoms with Gasteiger partial charge in [0.25, 0.3) is 0 Å². The van der Waals surface area contributed by atoms with E-state index in [1.54, 1.807) is 0 Å². The highest BCUT2D eigenvalue weighted by Crippen LogP contribution is 2.44. The topological polar surface area (TPSA) is 39.1 Å². The average Bonchev–Trinajstić information content (AvgIpc) is 3.29. The van der Waals surface area contributed by atoms with Crippen LogP contribution in [0.3, 0.4) is 0 Å². The lowest BCUT2D eigenvalue weighted by Crippen LogP contribution is -2.59. The van der Waals surface area contributed by atoms with Gasteiger partial charge < -0.3 is 4.90 Å². The number of nitrogens with zero attached hydrogens (tertiary/aromatic N) is 4. The molecule has 2 aromatic carbocycles. The van der Waals surface area contributed by atoms with E-state index in [-0.39, 0.29) is 0 Å². The first-order valence-electron chi connectivity index (χ1n) is 20.5. The van der Waals surface area contributed by atoms with E-state index in [1.165, 1.54) is 86.2 Å². The van der Waals surface area contributed by atoms with E-state index in [2.05, 4.69) is 89.2 Å². The van der Waals surface area contributed by atoms with E-state index >= 15 is 0 Å². The molecule has 50 heavy (non-hydrogen) atoms. The number of rotatable bonds is 5. The fourth-order valence-corrected chi connectivity index (χ4v) is 10.5. The van der Waals surface area contributed by atoms with Crippen LogP contribution in [0.5, 0.6) is 0 Å². The van der Waals surface area contributed by atoms with E-state index in [9.17, 15) is 4.91 Å². The zero-order valence-corrected chi connectivity index (χ0v) is 32.6. The first-order valence-corrected chi connectivity index (χ1v) is 20.8. The van der Waals surface area contributed by atoms with Crippen molar-refractivity contribution in [1.29, 1.82) is 0 Å². The molecule has 7 unspecified atom stereocenters. The molecule has 7 rings (SSSR count). The Kier molecular flexibility index (Phi) is 12.8. The molecule has 274 valence electrons. The number of anilines is 1. The highest BCUT2D eigenvalue weighted by Gasteiger charge is 2.42. The van der Waals surface area contributed by atoms with Gasteiger partial charge in [-0.1, -0.05) is 87.7 Å². The van der Waals surface area contributed by atoms with E-state index in [1.807, 2.05) is 13.8 Å². The van der Waals surface area contributed by atoms with Crippen molar-refractivity contribution in [2.75, 3.05) is 44.2 Å². The predicted octanol–water partition coefficient (Wildman–Crippen LogP) is 10.5. The first-order chi connectivity index (χ1) is 24.3. The third-order valence-electron chi connectivity index (χ3n) is 12.9. The maximum atomic E-state index is 12.4. The second kappa shape index (κ2) is 17.1. The Balaban J connectivity index is 0.00000212. The molecule has 2 saturated heterocycles. The Bertz CT molecular complexity index is 1460.